The van der Waals surface area contributed by atoms with E-state index in [4.69, 9.17) is 9.47 Å². The van der Waals surface area contributed by atoms with Crippen LogP contribution < -0.4 is 10.1 Å². The topological polar surface area (TPSA) is 81.7 Å². The Morgan fingerprint density at radius 3 is 2.35 bits per heavy atom. The summed E-state index contributed by atoms with van der Waals surface area (Å²) in [7, 11) is 1.47. The largest absolute Gasteiger partial charge is 0.496 e. The summed E-state index contributed by atoms with van der Waals surface area (Å²) in [5.41, 5.74) is 1.24. The number of carbonyl (C=O) groups excluding carboxylic acids is 3. The molecular formula is C19H19NO5S. The average Bonchev–Trinajstić information content (AvgIpc) is 2.65. The second-order valence-electron chi connectivity index (χ2n) is 5.32. The summed E-state index contributed by atoms with van der Waals surface area (Å²) in [5, 5.41) is 2.61. The van der Waals surface area contributed by atoms with Gasteiger partial charge in [0.25, 0.3) is 0 Å². The molecule has 1 N–H and O–H groups in total. The van der Waals surface area contributed by atoms with Crippen molar-refractivity contribution in [1.29, 1.82) is 0 Å². The van der Waals surface area contributed by atoms with Crippen LogP contribution in [0, 0.1) is 0 Å². The quantitative estimate of drug-likeness (QED) is 0.455. The van der Waals surface area contributed by atoms with Crippen LogP contribution in [0.25, 0.3) is 0 Å². The highest BCUT2D eigenvalue weighted by molar-refractivity contribution is 7.98. The molecule has 6 nitrogen and oxygen atoms in total. The van der Waals surface area contributed by atoms with E-state index in [1.807, 2.05) is 6.26 Å². The Kier molecular flexibility index (Phi) is 6.80. The maximum atomic E-state index is 12.2. The molecule has 0 atom stereocenters. The maximum absolute atomic E-state index is 12.2. The van der Waals surface area contributed by atoms with Crippen LogP contribution in [0.3, 0.4) is 0 Å². The van der Waals surface area contributed by atoms with Gasteiger partial charge in [-0.25, -0.2) is 4.79 Å². The Bertz CT molecular complexity index is 817. The van der Waals surface area contributed by atoms with Crippen molar-refractivity contribution >= 4 is 35.1 Å². The number of esters is 1. The molecule has 1 amide bonds. The van der Waals surface area contributed by atoms with Gasteiger partial charge in [0.05, 0.1) is 7.11 Å². The SMILES string of the molecule is COc1cc(SC)ccc1C(=O)OCC(=O)c1ccc(NC(C)=O)cc1. The zero-order valence-electron chi connectivity index (χ0n) is 14.7. The highest BCUT2D eigenvalue weighted by Crippen LogP contribution is 2.26. The summed E-state index contributed by atoms with van der Waals surface area (Å²) in [6.07, 6.45) is 1.92. The number of ketones is 1. The highest BCUT2D eigenvalue weighted by atomic mass is 32.2. The number of methoxy groups -OCH3 is 1. The fourth-order valence-corrected chi connectivity index (χ4v) is 2.63. The van der Waals surface area contributed by atoms with Crippen molar-refractivity contribution in [3.8, 4) is 5.75 Å². The second-order valence-corrected chi connectivity index (χ2v) is 6.20. The first-order valence-electron chi connectivity index (χ1n) is 7.74. The van der Waals surface area contributed by atoms with Gasteiger partial charge in [-0.3, -0.25) is 9.59 Å². The molecule has 0 fully saturated rings. The van der Waals surface area contributed by atoms with Crippen LogP contribution >= 0.6 is 11.8 Å². The van der Waals surface area contributed by atoms with Crippen LogP contribution in [-0.4, -0.2) is 37.6 Å². The van der Waals surface area contributed by atoms with Gasteiger partial charge in [0.2, 0.25) is 5.91 Å². The molecule has 0 unspecified atom stereocenters. The van der Waals surface area contributed by atoms with Gasteiger partial charge in [0.15, 0.2) is 12.4 Å². The van der Waals surface area contributed by atoms with Crippen LogP contribution in [0.4, 0.5) is 5.69 Å². The van der Waals surface area contributed by atoms with Crippen molar-refractivity contribution < 1.29 is 23.9 Å². The summed E-state index contributed by atoms with van der Waals surface area (Å²) in [6, 6.07) is 11.5. The normalized spacial score (nSPS) is 10.1. The lowest BCUT2D eigenvalue weighted by Gasteiger charge is -2.10. The third-order valence-electron chi connectivity index (χ3n) is 3.49. The minimum atomic E-state index is -0.627. The highest BCUT2D eigenvalue weighted by Gasteiger charge is 2.16. The molecule has 0 saturated heterocycles. The van der Waals surface area contributed by atoms with Crippen LogP contribution in [0.1, 0.15) is 27.6 Å². The lowest BCUT2D eigenvalue weighted by Crippen LogP contribution is -2.15. The van der Waals surface area contributed by atoms with Crippen LogP contribution in [-0.2, 0) is 9.53 Å². The number of anilines is 1. The number of hydrogen-bond donors (Lipinski definition) is 1. The van der Waals surface area contributed by atoms with E-state index in [0.29, 0.717) is 17.0 Å². The zero-order valence-corrected chi connectivity index (χ0v) is 15.5. The molecule has 26 heavy (non-hydrogen) atoms. The fourth-order valence-electron chi connectivity index (χ4n) is 2.20. The number of carbonyl (C=O) groups is 3. The number of Topliss-reactive ketones (excluding diaryl/α,β-unsaturated/α-hetero) is 1. The number of nitrogens with one attached hydrogen (secondary N) is 1. The fraction of sp³-hybridized carbons (Fsp3) is 0.211. The molecule has 0 aromatic heterocycles. The number of amides is 1. The lowest BCUT2D eigenvalue weighted by atomic mass is 10.1. The Labute approximate surface area is 155 Å². The van der Waals surface area contributed by atoms with Gasteiger partial charge in [-0.15, -0.1) is 11.8 Å². The van der Waals surface area contributed by atoms with E-state index in [0.717, 1.165) is 4.90 Å². The first-order valence-corrected chi connectivity index (χ1v) is 8.97. The molecule has 0 radical (unpaired) electrons. The second kappa shape index (κ2) is 9.05. The van der Waals surface area contributed by atoms with E-state index in [2.05, 4.69) is 5.32 Å². The molecule has 0 saturated carbocycles. The molecule has 0 aliphatic carbocycles. The van der Waals surface area contributed by atoms with E-state index < -0.39 is 5.97 Å². The molecular weight excluding hydrogens is 354 g/mol. The van der Waals surface area contributed by atoms with Crippen molar-refractivity contribution in [1.82, 2.24) is 0 Å². The van der Waals surface area contributed by atoms with Crippen molar-refractivity contribution in [3.63, 3.8) is 0 Å². The Morgan fingerprint density at radius 2 is 1.77 bits per heavy atom. The van der Waals surface area contributed by atoms with Crippen molar-refractivity contribution in [2.24, 2.45) is 0 Å². The third kappa shape index (κ3) is 5.10. The molecule has 2 aromatic rings. The minimum Gasteiger partial charge on any atom is -0.496 e. The number of thioether (sulfide) groups is 1. The molecule has 0 aliphatic rings. The summed E-state index contributed by atoms with van der Waals surface area (Å²) < 4.78 is 10.3. The molecule has 0 heterocycles. The van der Waals surface area contributed by atoms with Gasteiger partial charge in [-0.05, 0) is 48.7 Å². The number of benzene rings is 2. The standard InChI is InChI=1S/C19H19NO5S/c1-12(21)20-14-6-4-13(5-7-14)17(22)11-25-19(23)16-9-8-15(26-3)10-18(16)24-2/h4-10H,11H2,1-3H3,(H,20,21). The summed E-state index contributed by atoms with van der Waals surface area (Å²) in [6.45, 7) is 1.02. The average molecular weight is 373 g/mol. The van der Waals surface area contributed by atoms with Crippen molar-refractivity contribution in [3.05, 3.63) is 53.6 Å². The predicted molar refractivity (Wildman–Crippen MR) is 100 cm³/mol. The van der Waals surface area contributed by atoms with E-state index in [-0.39, 0.29) is 23.9 Å². The first kappa shape index (κ1) is 19.5. The number of rotatable bonds is 7. The summed E-state index contributed by atoms with van der Waals surface area (Å²) >= 11 is 1.53. The first-order chi connectivity index (χ1) is 12.4. The number of hydrogen-bond acceptors (Lipinski definition) is 6. The van der Waals surface area contributed by atoms with Gasteiger partial charge >= 0.3 is 5.97 Å². The van der Waals surface area contributed by atoms with Crippen LogP contribution in [0.15, 0.2) is 47.4 Å². The zero-order chi connectivity index (χ0) is 19.1. The molecule has 7 heteroatoms. The van der Waals surface area contributed by atoms with Gasteiger partial charge in [-0.2, -0.15) is 0 Å². The van der Waals surface area contributed by atoms with Crippen molar-refractivity contribution in [2.45, 2.75) is 11.8 Å². The van der Waals surface area contributed by atoms with Crippen LogP contribution in [0.5, 0.6) is 5.75 Å². The van der Waals surface area contributed by atoms with E-state index >= 15 is 0 Å². The van der Waals surface area contributed by atoms with E-state index in [9.17, 15) is 14.4 Å². The predicted octanol–water partition coefficient (Wildman–Crippen LogP) is 3.42. The van der Waals surface area contributed by atoms with Gasteiger partial charge in [0.1, 0.15) is 11.3 Å². The number of ether oxygens (including phenoxy) is 2. The third-order valence-corrected chi connectivity index (χ3v) is 4.22. The molecule has 0 bridgehead atoms. The summed E-state index contributed by atoms with van der Waals surface area (Å²) in [5.74, 6) is -0.765. The van der Waals surface area contributed by atoms with E-state index in [1.54, 1.807) is 42.5 Å². The van der Waals surface area contributed by atoms with Crippen LogP contribution in [0.2, 0.25) is 0 Å². The Morgan fingerprint density at radius 1 is 1.08 bits per heavy atom. The van der Waals surface area contributed by atoms with Crippen molar-refractivity contribution in [2.75, 3.05) is 25.3 Å². The lowest BCUT2D eigenvalue weighted by molar-refractivity contribution is -0.114. The Hall–Kier alpha value is -2.80. The van der Waals surface area contributed by atoms with Gasteiger partial charge < -0.3 is 14.8 Å². The maximum Gasteiger partial charge on any atom is 0.342 e. The minimum absolute atomic E-state index is 0.195. The van der Waals surface area contributed by atoms with Gasteiger partial charge in [0, 0.05) is 23.1 Å². The monoisotopic (exact) mass is 373 g/mol. The van der Waals surface area contributed by atoms with E-state index in [1.165, 1.54) is 25.8 Å². The summed E-state index contributed by atoms with van der Waals surface area (Å²) in [4.78, 5) is 36.3. The molecule has 136 valence electrons. The Balaban J connectivity index is 2.00. The molecule has 2 aromatic carbocycles. The molecule has 2 rings (SSSR count). The smallest absolute Gasteiger partial charge is 0.342 e. The molecule has 0 aliphatic heterocycles. The molecule has 0 spiro atoms. The van der Waals surface area contributed by atoms with Gasteiger partial charge in [-0.1, -0.05) is 0 Å².